The highest BCUT2D eigenvalue weighted by molar-refractivity contribution is 5.78. The van der Waals surface area contributed by atoms with E-state index in [-0.39, 0.29) is 12.6 Å². The molecular weight excluding hydrogens is 390 g/mol. The number of hydrogen-bond donors (Lipinski definition) is 3. The van der Waals surface area contributed by atoms with Crippen molar-refractivity contribution >= 4 is 17.1 Å². The van der Waals surface area contributed by atoms with Gasteiger partial charge in [0.2, 0.25) is 5.88 Å². The molecule has 1 aliphatic heterocycles. The van der Waals surface area contributed by atoms with Gasteiger partial charge in [-0.1, -0.05) is 0 Å². The monoisotopic (exact) mass is 419 g/mol. The number of aliphatic hydroxyl groups excluding tert-OH is 2. The Morgan fingerprint density at radius 2 is 2.03 bits per heavy atom. The second kappa shape index (κ2) is 9.11. The van der Waals surface area contributed by atoms with E-state index in [2.05, 4.69) is 15.3 Å². The number of pyridine rings is 2. The number of nitrogens with zero attached hydrogens (tertiary/aromatic N) is 2. The molecule has 1 amide bonds. The van der Waals surface area contributed by atoms with Crippen LogP contribution in [-0.2, 0) is 9.47 Å². The first-order valence-electron chi connectivity index (χ1n) is 9.95. The number of carbonyl (C=O) groups is 1. The summed E-state index contributed by atoms with van der Waals surface area (Å²) in [6.45, 7) is 5.61. The van der Waals surface area contributed by atoms with Gasteiger partial charge in [-0.3, -0.25) is 4.98 Å². The van der Waals surface area contributed by atoms with E-state index in [0.717, 1.165) is 0 Å². The second-order valence-corrected chi connectivity index (χ2v) is 8.35. The molecule has 30 heavy (non-hydrogen) atoms. The van der Waals surface area contributed by atoms with Crippen LogP contribution in [0.25, 0.3) is 11.0 Å². The van der Waals surface area contributed by atoms with Crippen LogP contribution in [0.4, 0.5) is 4.79 Å². The number of carbonyl (C=O) groups excluding carboxylic acids is 1. The minimum atomic E-state index is -1.21. The average Bonchev–Trinajstić information content (AvgIpc) is 2.71. The van der Waals surface area contributed by atoms with E-state index < -0.39 is 30.0 Å². The first-order chi connectivity index (χ1) is 14.2. The Hall–Kier alpha value is -2.49. The van der Waals surface area contributed by atoms with Crippen molar-refractivity contribution < 1.29 is 29.2 Å². The average molecular weight is 419 g/mol. The second-order valence-electron chi connectivity index (χ2n) is 8.35. The summed E-state index contributed by atoms with van der Waals surface area (Å²) in [4.78, 5) is 20.5. The molecule has 4 atom stereocenters. The maximum atomic E-state index is 11.9. The fourth-order valence-electron chi connectivity index (χ4n) is 3.40. The summed E-state index contributed by atoms with van der Waals surface area (Å²) in [5.41, 5.74) is 0.922. The number of alkyl carbamates (subject to hydrolysis) is 1. The number of rotatable bonds is 5. The molecule has 1 fully saturated rings. The third kappa shape index (κ3) is 5.35. The summed E-state index contributed by atoms with van der Waals surface area (Å²) < 4.78 is 16.1. The first kappa shape index (κ1) is 22.2. The van der Waals surface area contributed by atoms with Crippen LogP contribution >= 0.6 is 0 Å². The minimum absolute atomic E-state index is 0.215. The highest BCUT2D eigenvalue weighted by Crippen LogP contribution is 2.29. The minimum Gasteiger partial charge on any atom is -0.481 e. The van der Waals surface area contributed by atoms with Gasteiger partial charge in [-0.25, -0.2) is 9.78 Å². The van der Waals surface area contributed by atoms with Crippen LogP contribution in [0.15, 0.2) is 24.4 Å². The van der Waals surface area contributed by atoms with Crippen molar-refractivity contribution in [2.45, 2.75) is 63.6 Å². The quantitative estimate of drug-likeness (QED) is 0.673. The van der Waals surface area contributed by atoms with Gasteiger partial charge in [-0.15, -0.1) is 0 Å². The predicted octanol–water partition coefficient (Wildman–Crippen LogP) is 2.10. The zero-order valence-electron chi connectivity index (χ0n) is 17.7. The zero-order valence-corrected chi connectivity index (χ0v) is 17.7. The molecule has 1 saturated heterocycles. The highest BCUT2D eigenvalue weighted by Gasteiger charge is 2.34. The van der Waals surface area contributed by atoms with Crippen molar-refractivity contribution in [3.63, 3.8) is 0 Å². The van der Waals surface area contributed by atoms with Crippen molar-refractivity contribution in [3.05, 3.63) is 30.0 Å². The topological polar surface area (TPSA) is 123 Å². The molecule has 2 aromatic rings. The van der Waals surface area contributed by atoms with Gasteiger partial charge in [0, 0.05) is 17.8 Å². The Labute approximate surface area is 175 Å². The van der Waals surface area contributed by atoms with Gasteiger partial charge in [-0.05, 0) is 45.7 Å². The van der Waals surface area contributed by atoms with Crippen LogP contribution in [0.2, 0.25) is 0 Å². The number of methoxy groups -OCH3 is 1. The van der Waals surface area contributed by atoms with Gasteiger partial charge in [0.25, 0.3) is 0 Å². The smallest absolute Gasteiger partial charge is 0.407 e. The number of amides is 1. The third-order valence-electron chi connectivity index (χ3n) is 4.85. The van der Waals surface area contributed by atoms with Gasteiger partial charge >= 0.3 is 6.09 Å². The maximum absolute atomic E-state index is 11.9. The van der Waals surface area contributed by atoms with Crippen LogP contribution in [-0.4, -0.2) is 63.8 Å². The van der Waals surface area contributed by atoms with Gasteiger partial charge in [0.05, 0.1) is 36.9 Å². The maximum Gasteiger partial charge on any atom is 0.407 e. The van der Waals surface area contributed by atoms with E-state index in [4.69, 9.17) is 14.2 Å². The number of ether oxygens (including phenoxy) is 3. The molecular formula is C21H29N3O6. The molecule has 0 radical (unpaired) electrons. The number of nitrogens with one attached hydrogen (secondary N) is 1. The van der Waals surface area contributed by atoms with Crippen LogP contribution in [0.5, 0.6) is 5.88 Å². The summed E-state index contributed by atoms with van der Waals surface area (Å²) in [7, 11) is 1.51. The molecule has 9 heteroatoms. The Bertz CT molecular complexity index is 877. The van der Waals surface area contributed by atoms with Crippen LogP contribution < -0.4 is 10.1 Å². The number of aromatic nitrogens is 2. The normalized spacial score (nSPS) is 21.7. The molecule has 0 aromatic carbocycles. The molecule has 3 heterocycles. The van der Waals surface area contributed by atoms with E-state index in [1.807, 2.05) is 0 Å². The highest BCUT2D eigenvalue weighted by atomic mass is 16.6. The Morgan fingerprint density at radius 1 is 1.27 bits per heavy atom. The largest absolute Gasteiger partial charge is 0.481 e. The Morgan fingerprint density at radius 3 is 2.67 bits per heavy atom. The van der Waals surface area contributed by atoms with E-state index in [1.54, 1.807) is 45.2 Å². The molecule has 0 unspecified atom stereocenters. The molecule has 0 bridgehead atoms. The molecule has 9 nitrogen and oxygen atoms in total. The summed E-state index contributed by atoms with van der Waals surface area (Å²) in [6.07, 6.45) is -0.829. The fourth-order valence-corrected chi connectivity index (χ4v) is 3.40. The lowest BCUT2D eigenvalue weighted by Crippen LogP contribution is -2.47. The van der Waals surface area contributed by atoms with Crippen molar-refractivity contribution in [2.24, 2.45) is 0 Å². The zero-order chi connectivity index (χ0) is 21.9. The molecule has 0 aliphatic carbocycles. The van der Waals surface area contributed by atoms with Gasteiger partial charge in [-0.2, -0.15) is 0 Å². The molecule has 0 saturated carbocycles. The summed E-state index contributed by atoms with van der Waals surface area (Å²) in [6, 6.07) is 4.84. The lowest BCUT2D eigenvalue weighted by Gasteiger charge is -2.34. The van der Waals surface area contributed by atoms with Crippen LogP contribution in [0.1, 0.15) is 45.3 Å². The predicted molar refractivity (Wildman–Crippen MR) is 109 cm³/mol. The van der Waals surface area contributed by atoms with Crippen molar-refractivity contribution in [1.82, 2.24) is 15.3 Å². The molecule has 164 valence electrons. The summed E-state index contributed by atoms with van der Waals surface area (Å²) in [5.74, 6) is 0.392. The lowest BCUT2D eigenvalue weighted by molar-refractivity contribution is -0.113. The molecule has 0 spiro atoms. The van der Waals surface area contributed by atoms with Crippen molar-refractivity contribution in [1.29, 1.82) is 0 Å². The van der Waals surface area contributed by atoms with Crippen molar-refractivity contribution in [3.8, 4) is 5.88 Å². The summed E-state index contributed by atoms with van der Waals surface area (Å²) in [5, 5.41) is 24.3. The van der Waals surface area contributed by atoms with Crippen LogP contribution in [0, 0.1) is 0 Å². The fraction of sp³-hybridized carbons (Fsp3) is 0.571. The van der Waals surface area contributed by atoms with Gasteiger partial charge in [0.15, 0.2) is 0 Å². The van der Waals surface area contributed by atoms with E-state index in [9.17, 15) is 15.0 Å². The molecule has 1 aliphatic rings. The Balaban J connectivity index is 1.63. The van der Waals surface area contributed by atoms with E-state index in [1.165, 1.54) is 7.11 Å². The first-order valence-corrected chi connectivity index (χ1v) is 9.95. The molecule has 3 N–H and O–H groups in total. The summed E-state index contributed by atoms with van der Waals surface area (Å²) >= 11 is 0. The van der Waals surface area contributed by atoms with Crippen molar-refractivity contribution in [2.75, 3.05) is 13.7 Å². The lowest BCUT2D eigenvalue weighted by atomic mass is 9.94. The number of fused-ring (bicyclic) bond motifs is 1. The number of hydrogen-bond acceptors (Lipinski definition) is 8. The molecule has 2 aromatic heterocycles. The SMILES string of the molecule is COc1ccc2nccc([C@H](O)[C@H](O)[C@H]3CC[C@H](NC(=O)OC(C)(C)C)CO3)c2n1. The van der Waals surface area contributed by atoms with Gasteiger partial charge in [0.1, 0.15) is 17.8 Å². The van der Waals surface area contributed by atoms with Gasteiger partial charge < -0.3 is 29.7 Å². The standard InChI is InChI=1S/C21H29N3O6/c1-21(2,3)30-20(27)23-12-5-7-15(29-11-12)19(26)18(25)13-9-10-22-14-6-8-16(28-4)24-17(13)14/h6,8-10,12,15,18-19,25-26H,5,7,11H2,1-4H3,(H,23,27)/t12-,15+,18-,19+/m0/s1. The third-order valence-corrected chi connectivity index (χ3v) is 4.85. The van der Waals surface area contributed by atoms with E-state index in [0.29, 0.717) is 35.3 Å². The van der Waals surface area contributed by atoms with E-state index >= 15 is 0 Å². The molecule has 3 rings (SSSR count). The number of aliphatic hydroxyl groups is 2. The van der Waals surface area contributed by atoms with Crippen LogP contribution in [0.3, 0.4) is 0 Å². The Kier molecular flexibility index (Phi) is 6.74.